The van der Waals surface area contributed by atoms with Crippen molar-refractivity contribution in [1.82, 2.24) is 4.98 Å². The van der Waals surface area contributed by atoms with E-state index in [9.17, 15) is 0 Å². The SMILES string of the molecule is CC(O)Cc1ccc(I)nc1. The van der Waals surface area contributed by atoms with Gasteiger partial charge in [-0.05, 0) is 47.6 Å². The molecule has 0 aliphatic heterocycles. The van der Waals surface area contributed by atoms with Crippen LogP contribution in [0.1, 0.15) is 12.5 Å². The summed E-state index contributed by atoms with van der Waals surface area (Å²) in [6.07, 6.45) is 2.20. The predicted octanol–water partition coefficient (Wildman–Crippen LogP) is 1.61. The maximum Gasteiger partial charge on any atom is 0.101 e. The van der Waals surface area contributed by atoms with E-state index in [1.54, 1.807) is 13.1 Å². The van der Waals surface area contributed by atoms with Crippen molar-refractivity contribution >= 4 is 22.6 Å². The van der Waals surface area contributed by atoms with Crippen molar-refractivity contribution in [3.05, 3.63) is 27.6 Å². The summed E-state index contributed by atoms with van der Waals surface area (Å²) >= 11 is 2.16. The van der Waals surface area contributed by atoms with Gasteiger partial charge in [-0.1, -0.05) is 6.07 Å². The van der Waals surface area contributed by atoms with E-state index in [1.165, 1.54) is 0 Å². The number of aliphatic hydroxyl groups excluding tert-OH is 1. The Morgan fingerprint density at radius 1 is 1.64 bits per heavy atom. The molecular formula is C8H10INO. The number of aliphatic hydroxyl groups is 1. The first-order valence-corrected chi connectivity index (χ1v) is 4.55. The first-order valence-electron chi connectivity index (χ1n) is 3.47. The van der Waals surface area contributed by atoms with Crippen LogP contribution < -0.4 is 0 Å². The molecule has 2 nitrogen and oxygen atoms in total. The molecule has 1 rings (SSSR count). The fraction of sp³-hybridized carbons (Fsp3) is 0.375. The Hall–Kier alpha value is -0.160. The number of nitrogens with zero attached hydrogens (tertiary/aromatic N) is 1. The number of rotatable bonds is 2. The van der Waals surface area contributed by atoms with Gasteiger partial charge in [0.15, 0.2) is 0 Å². The van der Waals surface area contributed by atoms with Crippen molar-refractivity contribution in [1.29, 1.82) is 0 Å². The zero-order valence-corrected chi connectivity index (χ0v) is 8.45. The molecule has 60 valence electrons. The number of hydrogen-bond acceptors (Lipinski definition) is 2. The van der Waals surface area contributed by atoms with Gasteiger partial charge in [0.1, 0.15) is 3.70 Å². The van der Waals surface area contributed by atoms with Crippen molar-refractivity contribution in [2.24, 2.45) is 0 Å². The third-order valence-corrected chi connectivity index (χ3v) is 1.96. The molecule has 0 fully saturated rings. The standard InChI is InChI=1S/C8H10INO/c1-6(11)4-7-2-3-8(9)10-5-7/h2-3,5-6,11H,4H2,1H3. The summed E-state index contributed by atoms with van der Waals surface area (Å²) in [7, 11) is 0. The summed E-state index contributed by atoms with van der Waals surface area (Å²) in [6, 6.07) is 3.93. The van der Waals surface area contributed by atoms with Crippen LogP contribution >= 0.6 is 22.6 Å². The Balaban J connectivity index is 2.66. The van der Waals surface area contributed by atoms with E-state index < -0.39 is 0 Å². The van der Waals surface area contributed by atoms with Crippen LogP contribution in [0.3, 0.4) is 0 Å². The molecule has 0 saturated carbocycles. The van der Waals surface area contributed by atoms with Gasteiger partial charge in [-0.25, -0.2) is 0 Å². The highest BCUT2D eigenvalue weighted by molar-refractivity contribution is 14.1. The van der Waals surface area contributed by atoms with Crippen LogP contribution in [0.2, 0.25) is 0 Å². The van der Waals surface area contributed by atoms with Crippen molar-refractivity contribution in [2.45, 2.75) is 19.4 Å². The van der Waals surface area contributed by atoms with Crippen LogP contribution in [0.15, 0.2) is 18.3 Å². The van der Waals surface area contributed by atoms with E-state index in [2.05, 4.69) is 27.6 Å². The molecule has 0 aliphatic carbocycles. The Bertz CT molecular complexity index is 220. The molecule has 1 unspecified atom stereocenters. The lowest BCUT2D eigenvalue weighted by Gasteiger charge is -2.02. The zero-order valence-electron chi connectivity index (χ0n) is 6.29. The van der Waals surface area contributed by atoms with E-state index >= 15 is 0 Å². The molecule has 0 bridgehead atoms. The van der Waals surface area contributed by atoms with E-state index in [1.807, 2.05) is 12.1 Å². The molecule has 1 heterocycles. The highest BCUT2D eigenvalue weighted by Gasteiger charge is 1.98. The topological polar surface area (TPSA) is 33.1 Å². The molecule has 0 radical (unpaired) electrons. The van der Waals surface area contributed by atoms with Gasteiger partial charge >= 0.3 is 0 Å². The van der Waals surface area contributed by atoms with E-state index in [-0.39, 0.29) is 6.10 Å². The summed E-state index contributed by atoms with van der Waals surface area (Å²) < 4.78 is 0.983. The predicted molar refractivity (Wildman–Crippen MR) is 52.3 cm³/mol. The monoisotopic (exact) mass is 263 g/mol. The minimum Gasteiger partial charge on any atom is -0.393 e. The van der Waals surface area contributed by atoms with Gasteiger partial charge in [0.25, 0.3) is 0 Å². The highest BCUT2D eigenvalue weighted by atomic mass is 127. The Morgan fingerprint density at radius 2 is 2.36 bits per heavy atom. The molecule has 0 aliphatic rings. The van der Waals surface area contributed by atoms with Crippen LogP contribution in [0.5, 0.6) is 0 Å². The molecule has 0 spiro atoms. The maximum atomic E-state index is 9.05. The molecule has 1 atom stereocenters. The molecule has 1 N–H and O–H groups in total. The van der Waals surface area contributed by atoms with Crippen molar-refractivity contribution in [3.63, 3.8) is 0 Å². The van der Waals surface area contributed by atoms with Gasteiger partial charge in [0, 0.05) is 6.20 Å². The van der Waals surface area contributed by atoms with E-state index in [0.717, 1.165) is 9.26 Å². The van der Waals surface area contributed by atoms with Crippen molar-refractivity contribution in [3.8, 4) is 0 Å². The Labute approximate surface area is 79.8 Å². The Kier molecular flexibility index (Phi) is 3.26. The number of aromatic nitrogens is 1. The lowest BCUT2D eigenvalue weighted by atomic mass is 10.1. The summed E-state index contributed by atoms with van der Waals surface area (Å²) in [5.41, 5.74) is 1.08. The van der Waals surface area contributed by atoms with Crippen LogP contribution in [-0.2, 0) is 6.42 Å². The van der Waals surface area contributed by atoms with Gasteiger partial charge in [-0.2, -0.15) is 0 Å². The largest absolute Gasteiger partial charge is 0.393 e. The minimum absolute atomic E-state index is 0.281. The highest BCUT2D eigenvalue weighted by Crippen LogP contribution is 2.04. The fourth-order valence-electron chi connectivity index (χ4n) is 0.868. The van der Waals surface area contributed by atoms with Crippen LogP contribution in [-0.4, -0.2) is 16.2 Å². The fourth-order valence-corrected chi connectivity index (χ4v) is 1.19. The maximum absolute atomic E-state index is 9.05. The smallest absolute Gasteiger partial charge is 0.101 e. The molecule has 11 heavy (non-hydrogen) atoms. The average molecular weight is 263 g/mol. The van der Waals surface area contributed by atoms with Gasteiger partial charge < -0.3 is 5.11 Å². The van der Waals surface area contributed by atoms with E-state index in [4.69, 9.17) is 5.11 Å². The summed E-state index contributed by atoms with van der Waals surface area (Å²) in [5, 5.41) is 9.05. The van der Waals surface area contributed by atoms with Crippen LogP contribution in [0.4, 0.5) is 0 Å². The minimum atomic E-state index is -0.281. The summed E-state index contributed by atoms with van der Waals surface area (Å²) in [5.74, 6) is 0. The van der Waals surface area contributed by atoms with E-state index in [0.29, 0.717) is 6.42 Å². The van der Waals surface area contributed by atoms with Gasteiger partial charge in [0.2, 0.25) is 0 Å². The third kappa shape index (κ3) is 3.16. The quantitative estimate of drug-likeness (QED) is 0.649. The molecule has 0 aromatic carbocycles. The van der Waals surface area contributed by atoms with Crippen molar-refractivity contribution < 1.29 is 5.11 Å². The lowest BCUT2D eigenvalue weighted by Crippen LogP contribution is -2.04. The average Bonchev–Trinajstić information content (AvgIpc) is 1.93. The number of pyridine rings is 1. The van der Waals surface area contributed by atoms with Crippen molar-refractivity contribution in [2.75, 3.05) is 0 Å². The third-order valence-electron chi connectivity index (χ3n) is 1.32. The first kappa shape index (κ1) is 8.93. The van der Waals surface area contributed by atoms with Crippen LogP contribution in [0, 0.1) is 3.70 Å². The van der Waals surface area contributed by atoms with Crippen LogP contribution in [0.25, 0.3) is 0 Å². The summed E-state index contributed by atoms with van der Waals surface area (Å²) in [6.45, 7) is 1.78. The van der Waals surface area contributed by atoms with Gasteiger partial charge in [-0.15, -0.1) is 0 Å². The second-order valence-corrected chi connectivity index (χ2v) is 3.65. The molecule has 0 amide bonds. The molecule has 1 aromatic heterocycles. The molecule has 0 saturated heterocycles. The number of halogens is 1. The Morgan fingerprint density at radius 3 is 2.82 bits per heavy atom. The number of hydrogen-bond donors (Lipinski definition) is 1. The second kappa shape index (κ2) is 4.01. The first-order chi connectivity index (χ1) is 5.18. The molecule has 1 aromatic rings. The summed E-state index contributed by atoms with van der Waals surface area (Å²) in [4.78, 5) is 4.11. The molecular weight excluding hydrogens is 253 g/mol. The normalized spacial score (nSPS) is 13.0. The zero-order chi connectivity index (χ0) is 8.27. The molecule has 3 heteroatoms. The second-order valence-electron chi connectivity index (χ2n) is 2.54. The van der Waals surface area contributed by atoms with Gasteiger partial charge in [-0.3, -0.25) is 4.98 Å². The van der Waals surface area contributed by atoms with Gasteiger partial charge in [0.05, 0.1) is 6.10 Å². The lowest BCUT2D eigenvalue weighted by molar-refractivity contribution is 0.195.